The Balaban J connectivity index is -0.000000407. The fraction of sp³-hybridized carbons (Fsp3) is 1.00. The summed E-state index contributed by atoms with van der Waals surface area (Å²) in [6, 6.07) is 0. The molecule has 0 bridgehead atoms. The fourth-order valence-corrected chi connectivity index (χ4v) is 3.49. The van der Waals surface area contributed by atoms with Crippen molar-refractivity contribution < 1.29 is 86.1 Å². The van der Waals surface area contributed by atoms with Crippen molar-refractivity contribution in [2.45, 2.75) is 142 Å². The Kier molecular flexibility index (Phi) is 47.5. The summed E-state index contributed by atoms with van der Waals surface area (Å²) in [5, 5.41) is 0. The van der Waals surface area contributed by atoms with E-state index >= 15 is 0 Å². The van der Waals surface area contributed by atoms with Crippen LogP contribution in [-0.4, -0.2) is 44.0 Å². The molecule has 1 heterocycles. The Morgan fingerprint density at radius 3 is 0.943 bits per heavy atom. The molecule has 1 saturated heterocycles. The van der Waals surface area contributed by atoms with Gasteiger partial charge in [-0.05, 0) is 12.8 Å². The molecule has 1 aliphatic heterocycles. The van der Waals surface area contributed by atoms with Gasteiger partial charge in [-0.3, -0.25) is 8.42 Å². The van der Waals surface area contributed by atoms with Crippen molar-refractivity contribution >= 4 is 10.4 Å². The molecule has 0 spiro atoms. The predicted molar refractivity (Wildman–Crippen MR) is 136 cm³/mol. The van der Waals surface area contributed by atoms with Gasteiger partial charge in [-0.2, -0.15) is 0 Å². The van der Waals surface area contributed by atoms with Crippen molar-refractivity contribution in [1.82, 2.24) is 0 Å². The van der Waals surface area contributed by atoms with Crippen LogP contribution in [0.2, 0.25) is 0 Å². The Morgan fingerprint density at radius 1 is 0.543 bits per heavy atom. The second-order valence-electron chi connectivity index (χ2n) is 9.00. The van der Waals surface area contributed by atoms with Gasteiger partial charge < -0.3 is 18.6 Å². The average Bonchev–Trinajstić information content (AvgIpc) is 3.63. The van der Waals surface area contributed by atoms with Gasteiger partial charge in [0.15, 0.2) is 0 Å². The quantitative estimate of drug-likeness (QED) is 0.0679. The minimum absolute atomic E-state index is 0. The molecule has 9 heteroatoms. The number of epoxide rings is 1. The Bertz CT molecular complexity index is 418. The third-order valence-corrected chi connectivity index (χ3v) is 5.49. The van der Waals surface area contributed by atoms with Gasteiger partial charge >= 0.3 is 59.1 Å². The van der Waals surface area contributed by atoms with Crippen LogP contribution in [0.4, 0.5) is 0 Å². The van der Waals surface area contributed by atoms with E-state index in [1.54, 1.807) is 0 Å². The van der Waals surface area contributed by atoms with Crippen molar-refractivity contribution in [3.05, 3.63) is 0 Å². The topological polar surface area (TPSA) is 102 Å². The molecule has 0 N–H and O–H groups in total. The molecule has 1 fully saturated rings. The van der Waals surface area contributed by atoms with Gasteiger partial charge in [-0.25, -0.2) is 0 Å². The van der Waals surface area contributed by atoms with Gasteiger partial charge in [-0.1, -0.05) is 129 Å². The average molecular weight is 541 g/mol. The number of ether oxygens (including phenoxy) is 2. The van der Waals surface area contributed by atoms with Crippen LogP contribution in [-0.2, 0) is 19.9 Å². The van der Waals surface area contributed by atoms with Crippen LogP contribution in [0.5, 0.6) is 0 Å². The molecule has 0 saturated carbocycles. The van der Waals surface area contributed by atoms with E-state index < -0.39 is 10.4 Å². The number of unbranched alkanes of at least 4 members (excludes halogenated alkanes) is 18. The molecular formula is C26H54Na2O6S. The number of hydrogen-bond acceptors (Lipinski definition) is 6. The molecule has 6 nitrogen and oxygen atoms in total. The van der Waals surface area contributed by atoms with Crippen molar-refractivity contribution in [1.29, 1.82) is 0 Å². The normalized spacial score (nSPS) is 11.8. The molecule has 1 aliphatic rings. The molecule has 0 unspecified atom stereocenters. The van der Waals surface area contributed by atoms with Crippen molar-refractivity contribution in [2.75, 3.05) is 26.4 Å². The number of hydrogen-bond donors (Lipinski definition) is 0. The first-order chi connectivity index (χ1) is 15.9. The third-order valence-electron chi connectivity index (χ3n) is 5.49. The SMILES string of the molecule is C1CO1.CCCCCCCCCCCCOCCCCCCCCCCCC.O=S(=O)([O-])[O-].[Na+].[Na+]. The van der Waals surface area contributed by atoms with Crippen LogP contribution in [0, 0.1) is 0 Å². The summed E-state index contributed by atoms with van der Waals surface area (Å²) in [6.45, 7) is 8.57. The number of rotatable bonds is 22. The first kappa shape index (κ1) is 43.8. The standard InChI is InChI=1S/C24H50O.C2H4O.2Na.H2O4S/c1-3-5-7-9-11-13-15-17-19-21-23-25-24-22-20-18-16-14-12-10-8-6-4-2;1-2-3-1;;;1-5(2,3)4/h3-24H2,1-2H3;1-2H2;;;(H2,1,2,3,4)/q;;2*+1;/p-2. The predicted octanol–water partition coefficient (Wildman–Crippen LogP) is 1.53. The maximum absolute atomic E-state index is 8.52. The summed E-state index contributed by atoms with van der Waals surface area (Å²) >= 11 is 0. The van der Waals surface area contributed by atoms with E-state index in [0.717, 1.165) is 26.4 Å². The van der Waals surface area contributed by atoms with Gasteiger partial charge in [0.1, 0.15) is 0 Å². The van der Waals surface area contributed by atoms with Gasteiger partial charge in [0.25, 0.3) is 0 Å². The summed E-state index contributed by atoms with van der Waals surface area (Å²) in [5.74, 6) is 0. The molecule has 0 radical (unpaired) electrons. The first-order valence-electron chi connectivity index (χ1n) is 13.7. The van der Waals surface area contributed by atoms with Gasteiger partial charge in [0.2, 0.25) is 0 Å². The zero-order valence-corrected chi connectivity index (χ0v) is 28.6. The van der Waals surface area contributed by atoms with Crippen LogP contribution in [0.15, 0.2) is 0 Å². The van der Waals surface area contributed by atoms with E-state index in [9.17, 15) is 0 Å². The van der Waals surface area contributed by atoms with E-state index in [-0.39, 0.29) is 59.1 Å². The van der Waals surface area contributed by atoms with E-state index in [4.69, 9.17) is 22.3 Å². The molecule has 0 aromatic rings. The van der Waals surface area contributed by atoms with Crippen LogP contribution in [0.3, 0.4) is 0 Å². The third kappa shape index (κ3) is 66.5. The van der Waals surface area contributed by atoms with E-state index in [0.29, 0.717) is 0 Å². The maximum Gasteiger partial charge on any atom is 1.00 e. The van der Waals surface area contributed by atoms with Crippen molar-refractivity contribution in [2.24, 2.45) is 0 Å². The minimum Gasteiger partial charge on any atom is -0.759 e. The molecular weight excluding hydrogens is 486 g/mol. The van der Waals surface area contributed by atoms with Gasteiger partial charge in [0, 0.05) is 23.6 Å². The zero-order chi connectivity index (χ0) is 24.9. The molecule has 202 valence electrons. The second-order valence-corrected chi connectivity index (χ2v) is 9.81. The minimum atomic E-state index is -5.17. The fourth-order valence-electron chi connectivity index (χ4n) is 3.49. The van der Waals surface area contributed by atoms with Crippen LogP contribution in [0.25, 0.3) is 0 Å². The van der Waals surface area contributed by atoms with Crippen LogP contribution >= 0.6 is 0 Å². The Hall–Kier alpha value is 1.79. The molecule has 0 aliphatic carbocycles. The molecule has 35 heavy (non-hydrogen) atoms. The molecule has 1 rings (SSSR count). The van der Waals surface area contributed by atoms with Crippen molar-refractivity contribution in [3.8, 4) is 0 Å². The van der Waals surface area contributed by atoms with E-state index in [1.807, 2.05) is 0 Å². The summed E-state index contributed by atoms with van der Waals surface area (Å²) in [7, 11) is -5.17. The van der Waals surface area contributed by atoms with E-state index in [2.05, 4.69) is 18.6 Å². The Labute approximate surface area is 263 Å². The zero-order valence-electron chi connectivity index (χ0n) is 23.8. The molecule has 0 aromatic heterocycles. The molecule has 0 aromatic carbocycles. The largest absolute Gasteiger partial charge is 1.00 e. The maximum atomic E-state index is 8.52. The summed E-state index contributed by atoms with van der Waals surface area (Å²) < 4.78 is 44.4. The monoisotopic (exact) mass is 540 g/mol. The first-order valence-corrected chi connectivity index (χ1v) is 15.1. The van der Waals surface area contributed by atoms with E-state index in [1.165, 1.54) is 128 Å². The smallest absolute Gasteiger partial charge is 0.759 e. The Morgan fingerprint density at radius 2 is 0.743 bits per heavy atom. The molecule has 0 atom stereocenters. The van der Waals surface area contributed by atoms with Gasteiger partial charge in [-0.15, -0.1) is 0 Å². The van der Waals surface area contributed by atoms with Crippen LogP contribution < -0.4 is 59.1 Å². The second kappa shape index (κ2) is 37.9. The van der Waals surface area contributed by atoms with Crippen LogP contribution in [0.1, 0.15) is 142 Å². The van der Waals surface area contributed by atoms with Crippen molar-refractivity contribution in [3.63, 3.8) is 0 Å². The van der Waals surface area contributed by atoms with Gasteiger partial charge in [0.05, 0.1) is 13.2 Å². The summed E-state index contributed by atoms with van der Waals surface area (Å²) in [5.41, 5.74) is 0. The summed E-state index contributed by atoms with van der Waals surface area (Å²) in [4.78, 5) is 0. The summed E-state index contributed by atoms with van der Waals surface area (Å²) in [6.07, 6.45) is 28.2. The molecule has 0 amide bonds.